The fraction of sp³-hybridized carbons (Fsp3) is 0.588. The number of rotatable bonds is 6. The van der Waals surface area contributed by atoms with Crippen molar-refractivity contribution in [3.05, 3.63) is 23.3 Å². The Balaban J connectivity index is 2.09. The molecule has 0 fully saturated rings. The lowest BCUT2D eigenvalue weighted by Gasteiger charge is -2.35. The number of fused-ring (bicyclic) bond motifs is 1. The van der Waals surface area contributed by atoms with Gasteiger partial charge in [-0.05, 0) is 51.4 Å². The van der Waals surface area contributed by atoms with E-state index in [0.29, 0.717) is 24.0 Å². The molecule has 1 aromatic rings. The minimum atomic E-state index is -0.666. The second-order valence-electron chi connectivity index (χ2n) is 6.15. The topological polar surface area (TPSA) is 57.2 Å². The number of hydrogen-bond acceptors (Lipinski definition) is 5. The van der Waals surface area contributed by atoms with Gasteiger partial charge in [0.15, 0.2) is 5.11 Å². The number of methoxy groups -OCH3 is 2. The molecule has 134 valence electrons. The maximum atomic E-state index is 10.6. The van der Waals surface area contributed by atoms with E-state index in [1.54, 1.807) is 14.2 Å². The first-order valence-electron chi connectivity index (χ1n) is 8.07. The van der Waals surface area contributed by atoms with Gasteiger partial charge in [0, 0.05) is 24.2 Å². The van der Waals surface area contributed by atoms with E-state index in [9.17, 15) is 5.11 Å². The number of aliphatic hydroxyl groups excluding tert-OH is 1. The maximum Gasteiger partial charge on any atom is 0.169 e. The molecule has 1 aliphatic heterocycles. The van der Waals surface area contributed by atoms with Crippen molar-refractivity contribution in [2.24, 2.45) is 0 Å². The fourth-order valence-corrected chi connectivity index (χ4v) is 3.17. The third-order valence-electron chi connectivity index (χ3n) is 4.13. The van der Waals surface area contributed by atoms with Crippen LogP contribution in [0.3, 0.4) is 0 Å². The molecule has 0 unspecified atom stereocenters. The van der Waals surface area contributed by atoms with Gasteiger partial charge in [0.1, 0.15) is 17.6 Å². The monoisotopic (exact) mass is 353 g/mol. The quantitative estimate of drug-likeness (QED) is 0.592. The zero-order valence-corrected chi connectivity index (χ0v) is 15.7. The van der Waals surface area contributed by atoms with Crippen molar-refractivity contribution in [1.29, 1.82) is 0 Å². The van der Waals surface area contributed by atoms with Gasteiger partial charge in [0.05, 0.1) is 20.8 Å². The summed E-state index contributed by atoms with van der Waals surface area (Å²) in [5.41, 5.74) is 1.72. The van der Waals surface area contributed by atoms with Gasteiger partial charge in [-0.1, -0.05) is 0 Å². The molecule has 0 spiro atoms. The SMILES string of the molecule is COc1ccc(OC)c2c1CN(C(=S)NCCCN(C)C)C[C@@H]2O. The zero-order valence-electron chi connectivity index (χ0n) is 14.8. The van der Waals surface area contributed by atoms with E-state index in [1.165, 1.54) is 0 Å². The van der Waals surface area contributed by atoms with Crippen LogP contribution in [0.1, 0.15) is 23.7 Å². The maximum absolute atomic E-state index is 10.6. The van der Waals surface area contributed by atoms with Crippen LogP contribution in [0.25, 0.3) is 0 Å². The number of hydrogen-bond donors (Lipinski definition) is 2. The van der Waals surface area contributed by atoms with Crippen molar-refractivity contribution in [1.82, 2.24) is 15.1 Å². The molecule has 0 aromatic heterocycles. The van der Waals surface area contributed by atoms with Gasteiger partial charge in [-0.25, -0.2) is 0 Å². The van der Waals surface area contributed by atoms with Crippen molar-refractivity contribution >= 4 is 17.3 Å². The Labute approximate surface area is 149 Å². The minimum Gasteiger partial charge on any atom is -0.496 e. The van der Waals surface area contributed by atoms with Crippen LogP contribution in [0.2, 0.25) is 0 Å². The van der Waals surface area contributed by atoms with E-state index in [4.69, 9.17) is 21.7 Å². The number of thiocarbonyl (C=S) groups is 1. The average molecular weight is 353 g/mol. The summed E-state index contributed by atoms with van der Waals surface area (Å²) in [5.74, 6) is 1.42. The molecule has 24 heavy (non-hydrogen) atoms. The number of β-amino-alcohol motifs (C(OH)–C–C–N with tert-alkyl or cyclic N) is 1. The number of aliphatic hydroxyl groups is 1. The highest BCUT2D eigenvalue weighted by molar-refractivity contribution is 7.80. The molecular weight excluding hydrogens is 326 g/mol. The molecule has 2 N–H and O–H groups in total. The van der Waals surface area contributed by atoms with E-state index in [1.807, 2.05) is 17.0 Å². The van der Waals surface area contributed by atoms with Gasteiger partial charge in [0.2, 0.25) is 0 Å². The second kappa shape index (κ2) is 8.50. The largest absolute Gasteiger partial charge is 0.496 e. The highest BCUT2D eigenvalue weighted by Gasteiger charge is 2.30. The van der Waals surface area contributed by atoms with Gasteiger partial charge in [-0.2, -0.15) is 0 Å². The molecule has 0 bridgehead atoms. The summed E-state index contributed by atoms with van der Waals surface area (Å²) in [6.07, 6.45) is 0.345. The Morgan fingerprint density at radius 3 is 2.62 bits per heavy atom. The number of ether oxygens (including phenoxy) is 2. The van der Waals surface area contributed by atoms with Crippen LogP contribution >= 0.6 is 12.2 Å². The fourth-order valence-electron chi connectivity index (χ4n) is 2.93. The molecule has 1 heterocycles. The Morgan fingerprint density at radius 2 is 2.00 bits per heavy atom. The molecule has 7 heteroatoms. The van der Waals surface area contributed by atoms with E-state index >= 15 is 0 Å². The van der Waals surface area contributed by atoms with Crippen LogP contribution in [-0.4, -0.2) is 68.0 Å². The summed E-state index contributed by atoms with van der Waals surface area (Å²) in [6.45, 7) is 2.85. The highest BCUT2D eigenvalue weighted by atomic mass is 32.1. The van der Waals surface area contributed by atoms with Gasteiger partial charge >= 0.3 is 0 Å². The first kappa shape index (κ1) is 18.8. The summed E-state index contributed by atoms with van der Waals surface area (Å²) in [6, 6.07) is 3.69. The van der Waals surface area contributed by atoms with Crippen molar-refractivity contribution in [2.45, 2.75) is 19.1 Å². The Morgan fingerprint density at radius 1 is 1.33 bits per heavy atom. The van der Waals surface area contributed by atoms with Crippen LogP contribution in [0.15, 0.2) is 12.1 Å². The lowest BCUT2D eigenvalue weighted by molar-refractivity contribution is 0.122. The predicted molar refractivity (Wildman–Crippen MR) is 98.7 cm³/mol. The van der Waals surface area contributed by atoms with Gasteiger partial charge in [-0.3, -0.25) is 0 Å². The summed E-state index contributed by atoms with van der Waals surface area (Å²) in [7, 11) is 7.34. The van der Waals surface area contributed by atoms with Crippen LogP contribution in [0.4, 0.5) is 0 Å². The van der Waals surface area contributed by atoms with Crippen molar-refractivity contribution in [2.75, 3.05) is 47.9 Å². The first-order valence-corrected chi connectivity index (χ1v) is 8.48. The van der Waals surface area contributed by atoms with Crippen molar-refractivity contribution in [3.8, 4) is 11.5 Å². The second-order valence-corrected chi connectivity index (χ2v) is 6.53. The molecule has 0 saturated heterocycles. The molecule has 0 amide bonds. The summed E-state index contributed by atoms with van der Waals surface area (Å²) < 4.78 is 10.8. The van der Waals surface area contributed by atoms with E-state index in [0.717, 1.165) is 36.4 Å². The average Bonchev–Trinajstić information content (AvgIpc) is 2.57. The molecule has 1 aliphatic rings. The molecule has 1 atom stereocenters. The number of nitrogens with one attached hydrogen (secondary N) is 1. The normalized spacial score (nSPS) is 16.8. The minimum absolute atomic E-state index is 0.441. The molecule has 0 saturated carbocycles. The predicted octanol–water partition coefficient (Wildman–Crippen LogP) is 1.38. The third-order valence-corrected chi connectivity index (χ3v) is 4.54. The van der Waals surface area contributed by atoms with Crippen molar-refractivity contribution in [3.63, 3.8) is 0 Å². The summed E-state index contributed by atoms with van der Waals surface area (Å²) in [5, 5.41) is 14.5. The Hall–Kier alpha value is -1.57. The lowest BCUT2D eigenvalue weighted by atomic mass is 9.95. The summed E-state index contributed by atoms with van der Waals surface area (Å²) >= 11 is 5.49. The Kier molecular flexibility index (Phi) is 6.65. The zero-order chi connectivity index (χ0) is 17.7. The van der Waals surface area contributed by atoms with Crippen LogP contribution in [0.5, 0.6) is 11.5 Å². The van der Waals surface area contributed by atoms with Crippen LogP contribution < -0.4 is 14.8 Å². The summed E-state index contributed by atoms with van der Waals surface area (Å²) in [4.78, 5) is 4.11. The van der Waals surface area contributed by atoms with E-state index in [-0.39, 0.29) is 0 Å². The number of benzene rings is 1. The molecule has 0 aliphatic carbocycles. The molecule has 2 rings (SSSR count). The van der Waals surface area contributed by atoms with Crippen LogP contribution in [-0.2, 0) is 6.54 Å². The smallest absolute Gasteiger partial charge is 0.169 e. The van der Waals surface area contributed by atoms with E-state index < -0.39 is 6.10 Å². The van der Waals surface area contributed by atoms with Gasteiger partial charge in [0.25, 0.3) is 0 Å². The van der Waals surface area contributed by atoms with Crippen molar-refractivity contribution < 1.29 is 14.6 Å². The first-order chi connectivity index (χ1) is 11.5. The Bertz CT molecular complexity index is 580. The number of nitrogens with zero attached hydrogens (tertiary/aromatic N) is 2. The van der Waals surface area contributed by atoms with E-state index in [2.05, 4.69) is 24.3 Å². The third kappa shape index (κ3) is 4.28. The molecule has 6 nitrogen and oxygen atoms in total. The molecule has 1 aromatic carbocycles. The standard InChI is InChI=1S/C17H27N3O3S/c1-19(2)9-5-8-18-17(24)20-10-12-14(22-3)6-7-15(23-4)16(12)13(21)11-20/h6-7,13,21H,5,8-11H2,1-4H3,(H,18,24)/t13-/m0/s1. The van der Waals surface area contributed by atoms with Crippen LogP contribution in [0, 0.1) is 0 Å². The molecule has 0 radical (unpaired) electrons. The van der Waals surface area contributed by atoms with Gasteiger partial charge in [-0.15, -0.1) is 0 Å². The molecular formula is C17H27N3O3S. The lowest BCUT2D eigenvalue weighted by Crippen LogP contribution is -2.44. The highest BCUT2D eigenvalue weighted by Crippen LogP contribution is 2.39. The van der Waals surface area contributed by atoms with Gasteiger partial charge < -0.3 is 29.7 Å².